The molecule has 152 valence electrons. The fourth-order valence-corrected chi connectivity index (χ4v) is 4.44. The van der Waals surface area contributed by atoms with Crippen LogP contribution in [0.25, 0.3) is 10.6 Å². The molecular weight excluding hydrogens is 402 g/mol. The first-order valence-corrected chi connectivity index (χ1v) is 10.5. The maximum absolute atomic E-state index is 12.6. The lowest BCUT2D eigenvalue weighted by molar-refractivity contribution is -0.126. The number of carbonyl (C=O) groups is 2. The zero-order chi connectivity index (χ0) is 20.5. The average molecular weight is 421 g/mol. The van der Waals surface area contributed by atoms with Gasteiger partial charge in [-0.15, -0.1) is 11.3 Å². The molecule has 0 radical (unpaired) electrons. The Morgan fingerprint density at radius 3 is 2.87 bits per heavy atom. The number of fused-ring (bicyclic) bond motifs is 1. The van der Waals surface area contributed by atoms with Gasteiger partial charge >= 0.3 is 0 Å². The van der Waals surface area contributed by atoms with Crippen molar-refractivity contribution >= 4 is 28.8 Å². The SMILES string of the molecule is O=C(NCc1csc(-c2ccccc2)n1)C1CC(=O)N(c2ccc3c(c2)OCO3)C1. The molecule has 0 saturated carbocycles. The zero-order valence-corrected chi connectivity index (χ0v) is 16.9. The minimum absolute atomic E-state index is 0.0750. The summed E-state index contributed by atoms with van der Waals surface area (Å²) in [5, 5.41) is 5.79. The third-order valence-electron chi connectivity index (χ3n) is 5.18. The summed E-state index contributed by atoms with van der Waals surface area (Å²) in [6, 6.07) is 15.3. The van der Waals surface area contributed by atoms with E-state index in [0.29, 0.717) is 30.3 Å². The second-order valence-electron chi connectivity index (χ2n) is 7.17. The number of aromatic nitrogens is 1. The molecule has 1 fully saturated rings. The molecule has 1 atom stereocenters. The van der Waals surface area contributed by atoms with E-state index in [-0.39, 0.29) is 25.0 Å². The molecule has 2 aromatic carbocycles. The Hall–Kier alpha value is -3.39. The quantitative estimate of drug-likeness (QED) is 0.684. The van der Waals surface area contributed by atoms with Crippen LogP contribution in [0.3, 0.4) is 0 Å². The van der Waals surface area contributed by atoms with Crippen molar-refractivity contribution in [2.45, 2.75) is 13.0 Å². The molecule has 7 nitrogen and oxygen atoms in total. The van der Waals surface area contributed by atoms with Crippen LogP contribution in [0.15, 0.2) is 53.9 Å². The summed E-state index contributed by atoms with van der Waals surface area (Å²) >= 11 is 1.55. The minimum atomic E-state index is -0.393. The highest BCUT2D eigenvalue weighted by Crippen LogP contribution is 2.37. The summed E-state index contributed by atoms with van der Waals surface area (Å²) in [7, 11) is 0. The van der Waals surface area contributed by atoms with Crippen molar-refractivity contribution < 1.29 is 19.1 Å². The Morgan fingerprint density at radius 2 is 2.00 bits per heavy atom. The lowest BCUT2D eigenvalue weighted by Gasteiger charge is -2.17. The van der Waals surface area contributed by atoms with E-state index >= 15 is 0 Å². The van der Waals surface area contributed by atoms with Crippen molar-refractivity contribution in [3.63, 3.8) is 0 Å². The smallest absolute Gasteiger partial charge is 0.231 e. The summed E-state index contributed by atoms with van der Waals surface area (Å²) in [6.45, 7) is 0.869. The van der Waals surface area contributed by atoms with Gasteiger partial charge in [-0.3, -0.25) is 9.59 Å². The molecule has 5 rings (SSSR count). The van der Waals surface area contributed by atoms with E-state index in [0.717, 1.165) is 16.3 Å². The van der Waals surface area contributed by atoms with Gasteiger partial charge in [-0.25, -0.2) is 4.98 Å². The van der Waals surface area contributed by atoms with Crippen molar-refractivity contribution in [2.24, 2.45) is 5.92 Å². The van der Waals surface area contributed by atoms with Crippen molar-refractivity contribution in [1.29, 1.82) is 0 Å². The van der Waals surface area contributed by atoms with Crippen molar-refractivity contribution in [1.82, 2.24) is 10.3 Å². The number of nitrogens with zero attached hydrogens (tertiary/aromatic N) is 2. The Kier molecular flexibility index (Phi) is 4.84. The predicted molar refractivity (Wildman–Crippen MR) is 112 cm³/mol. The van der Waals surface area contributed by atoms with Crippen LogP contribution in [0, 0.1) is 5.92 Å². The van der Waals surface area contributed by atoms with E-state index in [1.54, 1.807) is 28.4 Å². The average Bonchev–Trinajstić information content (AvgIpc) is 3.51. The van der Waals surface area contributed by atoms with E-state index in [4.69, 9.17) is 9.47 Å². The van der Waals surface area contributed by atoms with Crippen LogP contribution in [0.2, 0.25) is 0 Å². The van der Waals surface area contributed by atoms with E-state index < -0.39 is 5.92 Å². The fraction of sp³-hybridized carbons (Fsp3) is 0.227. The molecule has 0 bridgehead atoms. The van der Waals surface area contributed by atoms with Crippen LogP contribution in [-0.4, -0.2) is 30.1 Å². The largest absolute Gasteiger partial charge is 0.454 e. The number of anilines is 1. The molecule has 2 aliphatic rings. The first-order valence-electron chi connectivity index (χ1n) is 9.65. The van der Waals surface area contributed by atoms with Gasteiger partial charge in [0, 0.05) is 35.7 Å². The van der Waals surface area contributed by atoms with Crippen LogP contribution in [0.4, 0.5) is 5.69 Å². The molecule has 1 unspecified atom stereocenters. The molecule has 2 amide bonds. The van der Waals surface area contributed by atoms with Gasteiger partial charge in [0.15, 0.2) is 11.5 Å². The number of hydrogen-bond donors (Lipinski definition) is 1. The number of ether oxygens (including phenoxy) is 2. The van der Waals surface area contributed by atoms with Gasteiger partial charge in [-0.05, 0) is 12.1 Å². The molecule has 1 N–H and O–H groups in total. The number of hydrogen-bond acceptors (Lipinski definition) is 6. The lowest BCUT2D eigenvalue weighted by atomic mass is 10.1. The Balaban J connectivity index is 1.20. The van der Waals surface area contributed by atoms with Gasteiger partial charge in [0.25, 0.3) is 0 Å². The van der Waals surface area contributed by atoms with E-state index in [9.17, 15) is 9.59 Å². The predicted octanol–water partition coefficient (Wildman–Crippen LogP) is 3.21. The van der Waals surface area contributed by atoms with E-state index in [1.165, 1.54) is 0 Å². The number of benzene rings is 2. The monoisotopic (exact) mass is 421 g/mol. The molecule has 0 aliphatic carbocycles. The molecule has 1 saturated heterocycles. The standard InChI is InChI=1S/C22H19N3O4S/c26-20-8-15(11-25(20)17-6-7-18-19(9-17)29-13-28-18)21(27)23-10-16-12-30-22(24-16)14-4-2-1-3-5-14/h1-7,9,12,15H,8,10-11,13H2,(H,23,27). The molecule has 2 aliphatic heterocycles. The third-order valence-corrected chi connectivity index (χ3v) is 6.12. The molecule has 30 heavy (non-hydrogen) atoms. The number of thiazole rings is 1. The summed E-state index contributed by atoms with van der Waals surface area (Å²) in [6.07, 6.45) is 0.187. The molecular formula is C22H19N3O4S. The first kappa shape index (κ1) is 18.6. The van der Waals surface area contributed by atoms with Crippen molar-refractivity contribution in [3.8, 4) is 22.1 Å². The molecule has 1 aromatic heterocycles. The highest BCUT2D eigenvalue weighted by atomic mass is 32.1. The minimum Gasteiger partial charge on any atom is -0.454 e. The summed E-state index contributed by atoms with van der Waals surface area (Å²) < 4.78 is 10.7. The number of amides is 2. The summed E-state index contributed by atoms with van der Waals surface area (Å²) in [4.78, 5) is 31.4. The number of rotatable bonds is 5. The lowest BCUT2D eigenvalue weighted by Crippen LogP contribution is -2.32. The van der Waals surface area contributed by atoms with Gasteiger partial charge in [0.05, 0.1) is 18.2 Å². The van der Waals surface area contributed by atoms with Gasteiger partial charge in [0.1, 0.15) is 5.01 Å². The van der Waals surface area contributed by atoms with E-state index in [1.807, 2.05) is 41.8 Å². The topological polar surface area (TPSA) is 80.8 Å². The number of carbonyl (C=O) groups excluding carboxylic acids is 2. The number of nitrogens with one attached hydrogen (secondary N) is 1. The van der Waals surface area contributed by atoms with Crippen molar-refractivity contribution in [2.75, 3.05) is 18.2 Å². The second-order valence-corrected chi connectivity index (χ2v) is 8.03. The summed E-state index contributed by atoms with van der Waals surface area (Å²) in [5.74, 6) is 0.675. The molecule has 8 heteroatoms. The van der Waals surface area contributed by atoms with Gasteiger partial charge < -0.3 is 19.7 Å². The third kappa shape index (κ3) is 3.61. The summed E-state index contributed by atoms with van der Waals surface area (Å²) in [5.41, 5.74) is 2.58. The fourth-order valence-electron chi connectivity index (χ4n) is 3.61. The maximum Gasteiger partial charge on any atom is 0.231 e. The van der Waals surface area contributed by atoms with E-state index in [2.05, 4.69) is 10.3 Å². The molecule has 3 heterocycles. The van der Waals surface area contributed by atoms with Crippen LogP contribution >= 0.6 is 11.3 Å². The highest BCUT2D eigenvalue weighted by Gasteiger charge is 2.35. The molecule has 3 aromatic rings. The second kappa shape index (κ2) is 7.79. The van der Waals surface area contributed by atoms with Crippen LogP contribution < -0.4 is 19.7 Å². The maximum atomic E-state index is 12.6. The normalized spacial score (nSPS) is 17.4. The Labute approximate surface area is 177 Å². The van der Waals surface area contributed by atoms with Crippen LogP contribution in [0.1, 0.15) is 12.1 Å². The van der Waals surface area contributed by atoms with Gasteiger partial charge in [0.2, 0.25) is 18.6 Å². The molecule has 0 spiro atoms. The van der Waals surface area contributed by atoms with Crippen molar-refractivity contribution in [3.05, 3.63) is 59.6 Å². The van der Waals surface area contributed by atoms with Crippen LogP contribution in [0.5, 0.6) is 11.5 Å². The van der Waals surface area contributed by atoms with Crippen LogP contribution in [-0.2, 0) is 16.1 Å². The highest BCUT2D eigenvalue weighted by molar-refractivity contribution is 7.13. The van der Waals surface area contributed by atoms with Gasteiger partial charge in [-0.2, -0.15) is 0 Å². The zero-order valence-electron chi connectivity index (χ0n) is 16.0. The van der Waals surface area contributed by atoms with Gasteiger partial charge in [-0.1, -0.05) is 30.3 Å². The Bertz CT molecular complexity index is 1100. The Morgan fingerprint density at radius 1 is 1.17 bits per heavy atom. The first-order chi connectivity index (χ1) is 14.7.